The summed E-state index contributed by atoms with van der Waals surface area (Å²) in [5.41, 5.74) is 1.58. The van der Waals surface area contributed by atoms with Gasteiger partial charge in [0.25, 0.3) is 5.56 Å². The molecule has 176 valence electrons. The van der Waals surface area contributed by atoms with Crippen LogP contribution in [0.5, 0.6) is 5.75 Å². The van der Waals surface area contributed by atoms with Crippen molar-refractivity contribution >= 4 is 16.9 Å². The average Bonchev–Trinajstić information content (AvgIpc) is 3.23. The van der Waals surface area contributed by atoms with Gasteiger partial charge in [-0.15, -0.1) is 0 Å². The monoisotopic (exact) mass is 460 g/mol. The van der Waals surface area contributed by atoms with E-state index in [1.54, 1.807) is 24.3 Å². The molecule has 0 atom stereocenters. The first kappa shape index (κ1) is 23.2. The van der Waals surface area contributed by atoms with Gasteiger partial charge in [0.15, 0.2) is 16.9 Å². The summed E-state index contributed by atoms with van der Waals surface area (Å²) in [6.45, 7) is 6.18. The Hall–Kier alpha value is -3.94. The molecule has 34 heavy (non-hydrogen) atoms. The molecule has 0 radical (unpaired) electrons. The van der Waals surface area contributed by atoms with Crippen LogP contribution in [0, 0.1) is 12.8 Å². The van der Waals surface area contributed by atoms with Gasteiger partial charge in [-0.05, 0) is 43.0 Å². The van der Waals surface area contributed by atoms with Crippen LogP contribution in [-0.2, 0) is 13.1 Å². The summed E-state index contributed by atoms with van der Waals surface area (Å²) in [5, 5.41) is 0. The summed E-state index contributed by atoms with van der Waals surface area (Å²) in [6.07, 6.45) is 2.12. The Kier molecular flexibility index (Phi) is 6.49. The number of aromatic nitrogens is 4. The van der Waals surface area contributed by atoms with Crippen molar-refractivity contribution in [3.8, 4) is 11.4 Å². The predicted molar refractivity (Wildman–Crippen MR) is 131 cm³/mol. The number of nitrogens with zero attached hydrogens (tertiary/aromatic N) is 4. The summed E-state index contributed by atoms with van der Waals surface area (Å²) >= 11 is 0. The molecule has 2 aromatic carbocycles. The van der Waals surface area contributed by atoms with Crippen molar-refractivity contribution in [3.63, 3.8) is 0 Å². The fraction of sp³-hybridized carbons (Fsp3) is 0.308. The Labute approximate surface area is 197 Å². The summed E-state index contributed by atoms with van der Waals surface area (Å²) in [4.78, 5) is 44.4. The fourth-order valence-corrected chi connectivity index (χ4v) is 3.96. The lowest BCUT2D eigenvalue weighted by Crippen LogP contribution is -2.40. The lowest BCUT2D eigenvalue weighted by atomic mass is 10.1. The maximum Gasteiger partial charge on any atom is 0.337 e. The molecule has 0 fully saturated rings. The molecule has 0 aliphatic carbocycles. The normalized spacial score (nSPS) is 11.3. The third kappa shape index (κ3) is 4.31. The van der Waals surface area contributed by atoms with E-state index >= 15 is 0 Å². The number of imidazole rings is 1. The number of hydrogen-bond acceptors (Lipinski definition) is 5. The van der Waals surface area contributed by atoms with Crippen LogP contribution >= 0.6 is 0 Å². The van der Waals surface area contributed by atoms with E-state index in [0.29, 0.717) is 29.3 Å². The first-order valence-corrected chi connectivity index (χ1v) is 11.3. The Morgan fingerprint density at radius 3 is 2.56 bits per heavy atom. The van der Waals surface area contributed by atoms with Gasteiger partial charge in [0.05, 0.1) is 25.7 Å². The maximum atomic E-state index is 13.5. The van der Waals surface area contributed by atoms with Gasteiger partial charge in [0.2, 0.25) is 0 Å². The number of para-hydroxylation sites is 1. The predicted octanol–water partition coefficient (Wildman–Crippen LogP) is 3.59. The minimum atomic E-state index is -0.443. The minimum absolute atomic E-state index is 0.0882. The van der Waals surface area contributed by atoms with Gasteiger partial charge in [-0.1, -0.05) is 44.2 Å². The van der Waals surface area contributed by atoms with Crippen LogP contribution in [0.15, 0.2) is 64.4 Å². The molecule has 0 aliphatic heterocycles. The molecule has 0 N–H and O–H groups in total. The van der Waals surface area contributed by atoms with E-state index in [0.717, 1.165) is 5.56 Å². The van der Waals surface area contributed by atoms with Crippen LogP contribution in [0.1, 0.15) is 36.2 Å². The highest BCUT2D eigenvalue weighted by molar-refractivity contribution is 5.96. The first-order chi connectivity index (χ1) is 16.3. The zero-order valence-corrected chi connectivity index (χ0v) is 19.8. The van der Waals surface area contributed by atoms with Crippen LogP contribution in [0.3, 0.4) is 0 Å². The third-order valence-electron chi connectivity index (χ3n) is 5.89. The van der Waals surface area contributed by atoms with Crippen molar-refractivity contribution in [1.82, 2.24) is 18.7 Å². The number of ketones is 1. The van der Waals surface area contributed by atoms with Gasteiger partial charge in [-0.25, -0.2) is 14.3 Å². The van der Waals surface area contributed by atoms with Gasteiger partial charge in [0.1, 0.15) is 5.75 Å². The number of Topliss-reactive ketones (excluding diaryl/α,β-unsaturated/α-hetero) is 1. The highest BCUT2D eigenvalue weighted by Gasteiger charge is 2.21. The number of aryl methyl sites for hydroxylation is 1. The van der Waals surface area contributed by atoms with Crippen molar-refractivity contribution in [2.45, 2.75) is 40.3 Å². The first-order valence-electron chi connectivity index (χ1n) is 11.3. The van der Waals surface area contributed by atoms with E-state index in [2.05, 4.69) is 4.98 Å². The number of carbonyl (C=O) groups is 1. The van der Waals surface area contributed by atoms with E-state index in [1.807, 2.05) is 45.0 Å². The molecule has 0 amide bonds. The fourth-order valence-electron chi connectivity index (χ4n) is 3.96. The Bertz CT molecular complexity index is 1480. The number of benzene rings is 2. The lowest BCUT2D eigenvalue weighted by Gasteiger charge is -2.15. The molecule has 0 saturated heterocycles. The van der Waals surface area contributed by atoms with Crippen molar-refractivity contribution in [3.05, 3.63) is 86.8 Å². The topological polar surface area (TPSA) is 88.1 Å². The van der Waals surface area contributed by atoms with Gasteiger partial charge in [-0.2, -0.15) is 0 Å². The van der Waals surface area contributed by atoms with Crippen molar-refractivity contribution in [2.75, 3.05) is 7.11 Å². The maximum absolute atomic E-state index is 13.5. The number of methoxy groups -OCH3 is 1. The highest BCUT2D eigenvalue weighted by Crippen LogP contribution is 2.18. The van der Waals surface area contributed by atoms with E-state index in [4.69, 9.17) is 4.74 Å². The SMILES string of the molecule is COc1cccc(C(=O)Cn2cnc3c2c(=O)n(CCC(C)C)c(=O)n3-c2ccccc2C)c1. The number of ether oxygens (including phenoxy) is 1. The largest absolute Gasteiger partial charge is 0.497 e. The zero-order valence-electron chi connectivity index (χ0n) is 19.8. The summed E-state index contributed by atoms with van der Waals surface area (Å²) < 4.78 is 9.47. The Morgan fingerprint density at radius 1 is 1.09 bits per heavy atom. The number of hydrogen-bond donors (Lipinski definition) is 0. The van der Waals surface area contributed by atoms with Crippen LogP contribution in [0.4, 0.5) is 0 Å². The average molecular weight is 461 g/mol. The second kappa shape index (κ2) is 9.51. The Balaban J connectivity index is 1.90. The van der Waals surface area contributed by atoms with Crippen LogP contribution < -0.4 is 16.0 Å². The molecule has 2 heterocycles. The molecule has 0 saturated carbocycles. The summed E-state index contributed by atoms with van der Waals surface area (Å²) in [5.74, 6) is 0.694. The molecule has 4 aromatic rings. The smallest absolute Gasteiger partial charge is 0.337 e. The van der Waals surface area contributed by atoms with E-state index in [9.17, 15) is 14.4 Å². The van der Waals surface area contributed by atoms with Crippen molar-refractivity contribution in [2.24, 2.45) is 5.92 Å². The highest BCUT2D eigenvalue weighted by atomic mass is 16.5. The molecule has 0 bridgehead atoms. The molecule has 0 spiro atoms. The molecular weight excluding hydrogens is 432 g/mol. The van der Waals surface area contributed by atoms with Gasteiger partial charge >= 0.3 is 5.69 Å². The number of carbonyl (C=O) groups excluding carboxylic acids is 1. The Morgan fingerprint density at radius 2 is 1.85 bits per heavy atom. The molecule has 2 aromatic heterocycles. The summed E-state index contributed by atoms with van der Waals surface area (Å²) in [7, 11) is 1.54. The summed E-state index contributed by atoms with van der Waals surface area (Å²) in [6, 6.07) is 14.3. The number of fused-ring (bicyclic) bond motifs is 1. The van der Waals surface area contributed by atoms with Crippen molar-refractivity contribution < 1.29 is 9.53 Å². The molecule has 0 aliphatic rings. The molecule has 0 unspecified atom stereocenters. The third-order valence-corrected chi connectivity index (χ3v) is 5.89. The number of rotatable bonds is 8. The van der Waals surface area contributed by atoms with Crippen LogP contribution in [0.2, 0.25) is 0 Å². The minimum Gasteiger partial charge on any atom is -0.497 e. The molecule has 4 rings (SSSR count). The molecular formula is C26H28N4O4. The standard InChI is InChI=1S/C26H28N4O4/c1-17(2)12-13-29-25(32)23-24(30(26(29)33)21-11-6-5-8-18(21)3)27-16-28(23)15-22(31)19-9-7-10-20(14-19)34-4/h5-11,14,16-17H,12-13,15H2,1-4H3. The zero-order chi connectivity index (χ0) is 24.4. The van der Waals surface area contributed by atoms with E-state index in [1.165, 1.54) is 27.1 Å². The second-order valence-corrected chi connectivity index (χ2v) is 8.74. The lowest BCUT2D eigenvalue weighted by molar-refractivity contribution is 0.0973. The molecule has 8 heteroatoms. The van der Waals surface area contributed by atoms with Crippen molar-refractivity contribution in [1.29, 1.82) is 0 Å². The van der Waals surface area contributed by atoms with E-state index in [-0.39, 0.29) is 30.0 Å². The second-order valence-electron chi connectivity index (χ2n) is 8.74. The molecule has 8 nitrogen and oxygen atoms in total. The van der Waals surface area contributed by atoms with Crippen LogP contribution in [-0.4, -0.2) is 31.6 Å². The quantitative estimate of drug-likeness (QED) is 0.375. The van der Waals surface area contributed by atoms with Gasteiger partial charge in [0, 0.05) is 12.1 Å². The van der Waals surface area contributed by atoms with Crippen LogP contribution in [0.25, 0.3) is 16.9 Å². The van der Waals surface area contributed by atoms with E-state index < -0.39 is 11.2 Å². The van der Waals surface area contributed by atoms with Gasteiger partial charge in [-0.3, -0.25) is 14.2 Å². The van der Waals surface area contributed by atoms with Gasteiger partial charge < -0.3 is 9.30 Å².